The van der Waals surface area contributed by atoms with Crippen LogP contribution in [0.15, 0.2) is 48.7 Å². The molecule has 2 N–H and O–H groups in total. The first-order chi connectivity index (χ1) is 25.8. The fraction of sp³-hybridized carbons (Fsp3) is 0.600. The topological polar surface area (TPSA) is 98.0 Å². The molecule has 8 nitrogen and oxygen atoms in total. The summed E-state index contributed by atoms with van der Waals surface area (Å²) < 4.78 is 0. The van der Waals surface area contributed by atoms with Crippen LogP contribution in [0, 0.1) is 41.4 Å². The first-order valence-corrected chi connectivity index (χ1v) is 21.9. The lowest BCUT2D eigenvalue weighted by atomic mass is 9.85. The van der Waals surface area contributed by atoms with Gasteiger partial charge in [0.15, 0.2) is 0 Å². The molecule has 2 saturated heterocycles. The molecule has 3 fully saturated rings. The van der Waals surface area contributed by atoms with Crippen LogP contribution >= 0.6 is 11.8 Å². The molecule has 4 heterocycles. The zero-order chi connectivity index (χ0) is 38.5. The van der Waals surface area contributed by atoms with Crippen LogP contribution in [0.1, 0.15) is 122 Å². The SMILES string of the molecule is CSC1(c2ncc(-c3ccc(CC4CC4C(C)c4ccc5nc(C6CCCN6C(=O)C(C)C(C)C)[nH]c5c4)cc3)[nH]2)CCCN1C(=O)C(C)C(C)C(C)C. The van der Waals surface area contributed by atoms with Crippen LogP contribution in [0.3, 0.4) is 0 Å². The minimum absolute atomic E-state index is 0.0174. The number of benzene rings is 2. The molecule has 0 spiro atoms. The summed E-state index contributed by atoms with van der Waals surface area (Å²) >= 11 is 1.73. The third-order valence-corrected chi connectivity index (χ3v) is 15.1. The Bertz CT molecular complexity index is 1950. The summed E-state index contributed by atoms with van der Waals surface area (Å²) in [7, 11) is 0. The maximum atomic E-state index is 13.8. The Morgan fingerprint density at radius 1 is 0.907 bits per heavy atom. The standard InChI is InChI=1S/C45H62N6O2S/c1-26(2)28(5)30(7)43(53)51-21-11-19-45(51,54-9)44-46-25-39(49-44)33-15-13-32(14-16-33)22-35-23-36(35)31(8)34-17-18-37-38(24-34)48-41(47-37)40-12-10-20-50(40)42(52)29(6)27(3)4/h13-18,24-31,35-36,40H,10-12,19-23H2,1-9H3,(H,46,49)(H,47,48). The lowest BCUT2D eigenvalue weighted by Crippen LogP contribution is -2.47. The van der Waals surface area contributed by atoms with Crippen molar-refractivity contribution in [3.8, 4) is 11.3 Å². The van der Waals surface area contributed by atoms with Crippen molar-refractivity contribution in [1.82, 2.24) is 29.7 Å². The predicted octanol–water partition coefficient (Wildman–Crippen LogP) is 9.96. The van der Waals surface area contributed by atoms with E-state index in [0.717, 1.165) is 79.1 Å². The first-order valence-electron chi connectivity index (χ1n) is 20.6. The molecule has 1 aliphatic carbocycles. The normalized spacial score (nSPS) is 25.1. The molecule has 54 heavy (non-hydrogen) atoms. The summed E-state index contributed by atoms with van der Waals surface area (Å²) in [5, 5.41) is 0. The zero-order valence-electron chi connectivity index (χ0n) is 34.0. The molecule has 8 unspecified atom stereocenters. The van der Waals surface area contributed by atoms with Crippen LogP contribution < -0.4 is 0 Å². The summed E-state index contributed by atoms with van der Waals surface area (Å²) in [6.45, 7) is 19.0. The van der Waals surface area contributed by atoms with Gasteiger partial charge in [-0.3, -0.25) is 9.59 Å². The van der Waals surface area contributed by atoms with E-state index in [-0.39, 0.29) is 29.7 Å². The molecule has 0 radical (unpaired) electrons. The van der Waals surface area contributed by atoms with Gasteiger partial charge in [0, 0.05) is 24.9 Å². The number of carbonyl (C=O) groups is 2. The second-order valence-electron chi connectivity index (χ2n) is 17.6. The Morgan fingerprint density at radius 3 is 2.37 bits per heavy atom. The predicted molar refractivity (Wildman–Crippen MR) is 221 cm³/mol. The second-order valence-corrected chi connectivity index (χ2v) is 18.7. The van der Waals surface area contributed by atoms with Crippen molar-refractivity contribution in [3.63, 3.8) is 0 Å². The summed E-state index contributed by atoms with van der Waals surface area (Å²) in [6.07, 6.45) is 10.3. The number of H-pyrrole nitrogens is 2. The molecular weight excluding hydrogens is 689 g/mol. The Kier molecular flexibility index (Phi) is 11.1. The summed E-state index contributed by atoms with van der Waals surface area (Å²) in [6, 6.07) is 15.7. The third-order valence-electron chi connectivity index (χ3n) is 13.8. The number of likely N-dealkylation sites (tertiary alicyclic amines) is 2. The van der Waals surface area contributed by atoms with Gasteiger partial charge in [-0.2, -0.15) is 0 Å². The van der Waals surface area contributed by atoms with E-state index in [1.807, 2.05) is 6.20 Å². The number of nitrogens with one attached hydrogen (secondary N) is 2. The average molecular weight is 751 g/mol. The second kappa shape index (κ2) is 15.5. The molecule has 2 aliphatic heterocycles. The number of hydrogen-bond acceptors (Lipinski definition) is 5. The van der Waals surface area contributed by atoms with E-state index in [4.69, 9.17) is 9.97 Å². The molecule has 8 atom stereocenters. The fourth-order valence-corrected chi connectivity index (χ4v) is 10.2. The number of hydrogen-bond donors (Lipinski definition) is 2. The van der Waals surface area contributed by atoms with Crippen molar-refractivity contribution >= 4 is 34.6 Å². The molecule has 9 heteroatoms. The first kappa shape index (κ1) is 38.7. The Hall–Kier alpha value is -3.59. The summed E-state index contributed by atoms with van der Waals surface area (Å²) in [4.78, 5) is 47.9. The number of nitrogens with zero attached hydrogens (tertiary/aromatic N) is 4. The van der Waals surface area contributed by atoms with Gasteiger partial charge in [0.25, 0.3) is 0 Å². The number of aromatic amines is 2. The highest BCUT2D eigenvalue weighted by atomic mass is 32.2. The van der Waals surface area contributed by atoms with Crippen LogP contribution in [0.5, 0.6) is 0 Å². The maximum absolute atomic E-state index is 13.8. The van der Waals surface area contributed by atoms with Gasteiger partial charge in [-0.05, 0) is 109 Å². The molecule has 2 aromatic heterocycles. The lowest BCUT2D eigenvalue weighted by molar-refractivity contribution is -0.139. The lowest BCUT2D eigenvalue weighted by Gasteiger charge is -2.38. The highest BCUT2D eigenvalue weighted by molar-refractivity contribution is 7.99. The van der Waals surface area contributed by atoms with Crippen molar-refractivity contribution in [2.45, 2.75) is 111 Å². The van der Waals surface area contributed by atoms with Gasteiger partial charge in [-0.15, -0.1) is 11.8 Å². The van der Waals surface area contributed by atoms with Gasteiger partial charge in [0.2, 0.25) is 11.8 Å². The molecule has 2 aromatic carbocycles. The Morgan fingerprint density at radius 2 is 1.67 bits per heavy atom. The molecule has 2 amide bonds. The number of thioether (sulfide) groups is 1. The van der Waals surface area contributed by atoms with E-state index in [2.05, 4.69) is 124 Å². The Balaban J connectivity index is 0.980. The number of fused-ring (bicyclic) bond motifs is 1. The van der Waals surface area contributed by atoms with Crippen LogP contribution in [-0.2, 0) is 20.9 Å². The molecular formula is C45H62N6O2S. The van der Waals surface area contributed by atoms with Gasteiger partial charge in [-0.1, -0.05) is 85.7 Å². The number of aromatic nitrogens is 4. The molecule has 1 saturated carbocycles. The molecule has 290 valence electrons. The smallest absolute Gasteiger partial charge is 0.227 e. The zero-order valence-corrected chi connectivity index (χ0v) is 34.8. The minimum Gasteiger partial charge on any atom is -0.340 e. The van der Waals surface area contributed by atoms with Crippen molar-refractivity contribution in [3.05, 3.63) is 71.4 Å². The van der Waals surface area contributed by atoms with Crippen molar-refractivity contribution < 1.29 is 9.59 Å². The van der Waals surface area contributed by atoms with E-state index in [9.17, 15) is 9.59 Å². The maximum Gasteiger partial charge on any atom is 0.227 e. The molecule has 3 aliphatic rings. The number of amides is 2. The minimum atomic E-state index is -0.453. The van der Waals surface area contributed by atoms with Gasteiger partial charge >= 0.3 is 0 Å². The van der Waals surface area contributed by atoms with E-state index in [1.54, 1.807) is 11.8 Å². The van der Waals surface area contributed by atoms with Crippen molar-refractivity contribution in [2.75, 3.05) is 19.3 Å². The molecule has 0 bridgehead atoms. The van der Waals surface area contributed by atoms with Gasteiger partial charge in [0.1, 0.15) is 16.5 Å². The summed E-state index contributed by atoms with van der Waals surface area (Å²) in [5.41, 5.74) is 6.91. The average Bonchev–Trinajstić information content (AvgIpc) is 3.70. The largest absolute Gasteiger partial charge is 0.340 e. The van der Waals surface area contributed by atoms with Crippen LogP contribution in [-0.4, -0.2) is 60.9 Å². The fourth-order valence-electron chi connectivity index (χ4n) is 9.19. The van der Waals surface area contributed by atoms with E-state index in [0.29, 0.717) is 35.5 Å². The van der Waals surface area contributed by atoms with Gasteiger partial charge in [0.05, 0.1) is 29.0 Å². The van der Waals surface area contributed by atoms with E-state index in [1.165, 1.54) is 17.5 Å². The van der Waals surface area contributed by atoms with Gasteiger partial charge in [-0.25, -0.2) is 9.97 Å². The highest BCUT2D eigenvalue weighted by Crippen LogP contribution is 2.51. The van der Waals surface area contributed by atoms with Crippen molar-refractivity contribution in [1.29, 1.82) is 0 Å². The quantitative estimate of drug-likeness (QED) is 0.142. The van der Waals surface area contributed by atoms with Crippen LogP contribution in [0.4, 0.5) is 0 Å². The number of carbonyl (C=O) groups excluding carboxylic acids is 2. The Labute approximate surface area is 327 Å². The van der Waals surface area contributed by atoms with E-state index >= 15 is 0 Å². The number of rotatable bonds is 13. The van der Waals surface area contributed by atoms with Crippen LogP contribution in [0.25, 0.3) is 22.3 Å². The van der Waals surface area contributed by atoms with Crippen molar-refractivity contribution in [2.24, 2.45) is 41.4 Å². The number of imidazole rings is 2. The molecule has 7 rings (SSSR count). The van der Waals surface area contributed by atoms with Crippen LogP contribution in [0.2, 0.25) is 0 Å². The third kappa shape index (κ3) is 7.26. The monoisotopic (exact) mass is 750 g/mol. The van der Waals surface area contributed by atoms with E-state index < -0.39 is 4.87 Å². The highest BCUT2D eigenvalue weighted by Gasteiger charge is 2.48. The summed E-state index contributed by atoms with van der Waals surface area (Å²) in [5.74, 6) is 5.20. The van der Waals surface area contributed by atoms with Gasteiger partial charge < -0.3 is 19.8 Å². The molecule has 4 aromatic rings.